The van der Waals surface area contributed by atoms with Gasteiger partial charge in [0.25, 0.3) is 5.56 Å². The number of ether oxygens (including phenoxy) is 2. The van der Waals surface area contributed by atoms with Gasteiger partial charge in [0.2, 0.25) is 10.0 Å². The predicted molar refractivity (Wildman–Crippen MR) is 128 cm³/mol. The number of sulfonamides is 1. The first-order valence-corrected chi connectivity index (χ1v) is 13.0. The van der Waals surface area contributed by atoms with Gasteiger partial charge in [-0.3, -0.25) is 9.48 Å². The second kappa shape index (κ2) is 9.85. The van der Waals surface area contributed by atoms with Crippen molar-refractivity contribution in [3.63, 3.8) is 0 Å². The fraction of sp³-hybridized carbons (Fsp3) is 0.522. The molecule has 1 saturated heterocycles. The molecule has 0 radical (unpaired) electrons. The zero-order valence-electron chi connectivity index (χ0n) is 20.0. The van der Waals surface area contributed by atoms with Gasteiger partial charge < -0.3 is 14.5 Å². The summed E-state index contributed by atoms with van der Waals surface area (Å²) < 4.78 is 40.4. The van der Waals surface area contributed by atoms with E-state index in [1.54, 1.807) is 20.2 Å². The van der Waals surface area contributed by atoms with E-state index in [4.69, 9.17) is 14.5 Å². The molecule has 10 nitrogen and oxygen atoms in total. The van der Waals surface area contributed by atoms with Crippen molar-refractivity contribution in [2.75, 3.05) is 33.4 Å². The average Bonchev–Trinajstić information content (AvgIpc) is 3.09. The van der Waals surface area contributed by atoms with Crippen LogP contribution in [0, 0.1) is 5.92 Å². The number of fused-ring (bicyclic) bond motifs is 1. The maximum Gasteiger partial charge on any atom is 0.277 e. The van der Waals surface area contributed by atoms with E-state index in [0.717, 1.165) is 18.5 Å². The molecule has 0 unspecified atom stereocenters. The van der Waals surface area contributed by atoms with Gasteiger partial charge in [0.15, 0.2) is 5.52 Å². The molecule has 0 aliphatic carbocycles. The fourth-order valence-corrected chi connectivity index (χ4v) is 5.87. The quantitative estimate of drug-likeness (QED) is 0.464. The number of hydrogen-bond donors (Lipinski definition) is 1. The monoisotopic (exact) mass is 489 g/mol. The lowest BCUT2D eigenvalue weighted by Gasteiger charge is -2.38. The molecule has 34 heavy (non-hydrogen) atoms. The van der Waals surface area contributed by atoms with Crippen LogP contribution in [0.3, 0.4) is 0 Å². The molecule has 1 fully saturated rings. The van der Waals surface area contributed by atoms with Crippen LogP contribution in [0.2, 0.25) is 0 Å². The van der Waals surface area contributed by atoms with E-state index in [1.165, 1.54) is 21.1 Å². The molecule has 184 valence electrons. The zero-order valence-corrected chi connectivity index (χ0v) is 20.8. The number of benzene rings is 1. The molecule has 0 atom stereocenters. The normalized spacial score (nSPS) is 15.1. The van der Waals surface area contributed by atoms with Crippen molar-refractivity contribution in [1.29, 1.82) is 0 Å². The van der Waals surface area contributed by atoms with Gasteiger partial charge in [-0.05, 0) is 43.9 Å². The van der Waals surface area contributed by atoms with Gasteiger partial charge in [-0.25, -0.2) is 13.4 Å². The van der Waals surface area contributed by atoms with E-state index in [1.807, 2.05) is 13.8 Å². The second-order valence-electron chi connectivity index (χ2n) is 8.49. The van der Waals surface area contributed by atoms with Gasteiger partial charge >= 0.3 is 0 Å². The summed E-state index contributed by atoms with van der Waals surface area (Å²) in [6.07, 6.45) is 2.36. The SMILES string of the molecule is CCCc1nn(C)c2c(=O)[nH]c(-c3cc(S(=O)(=O)N4CC(CCOC)C4)ccc3OCC)nc12. The van der Waals surface area contributed by atoms with Gasteiger partial charge in [-0.15, -0.1) is 0 Å². The summed E-state index contributed by atoms with van der Waals surface area (Å²) in [6, 6.07) is 4.69. The summed E-state index contributed by atoms with van der Waals surface area (Å²) in [7, 11) is -0.335. The third-order valence-corrected chi connectivity index (χ3v) is 7.87. The van der Waals surface area contributed by atoms with Crippen LogP contribution in [-0.4, -0.2) is 65.9 Å². The summed E-state index contributed by atoms with van der Waals surface area (Å²) in [5.41, 5.74) is 1.72. The number of aromatic nitrogens is 4. The number of aromatic amines is 1. The van der Waals surface area contributed by atoms with E-state index in [9.17, 15) is 13.2 Å². The second-order valence-corrected chi connectivity index (χ2v) is 10.4. The Morgan fingerprint density at radius 1 is 1.24 bits per heavy atom. The standard InChI is InChI=1S/C23H31N5O5S/c1-5-7-18-20-21(27(3)26-18)23(29)25-22(24-20)17-12-16(8-9-19(17)33-6-2)34(30,31)28-13-15(14-28)10-11-32-4/h8-9,12,15H,5-7,10-11,13-14H2,1-4H3,(H,24,25,29). The Hall–Kier alpha value is -2.76. The molecule has 2 aromatic heterocycles. The number of hydrogen-bond acceptors (Lipinski definition) is 7. The van der Waals surface area contributed by atoms with E-state index in [0.29, 0.717) is 61.0 Å². The minimum absolute atomic E-state index is 0.138. The molecule has 1 aromatic carbocycles. The van der Waals surface area contributed by atoms with Crippen molar-refractivity contribution in [2.45, 2.75) is 38.0 Å². The Labute approximate surface area is 198 Å². The molecule has 11 heteroatoms. The molecule has 1 aliphatic heterocycles. The van der Waals surface area contributed by atoms with Crippen LogP contribution in [0.5, 0.6) is 5.75 Å². The van der Waals surface area contributed by atoms with E-state index in [-0.39, 0.29) is 16.3 Å². The van der Waals surface area contributed by atoms with Crippen molar-refractivity contribution in [3.05, 3.63) is 34.2 Å². The van der Waals surface area contributed by atoms with Crippen LogP contribution >= 0.6 is 0 Å². The Kier molecular flexibility index (Phi) is 7.06. The van der Waals surface area contributed by atoms with E-state index >= 15 is 0 Å². The highest BCUT2D eigenvalue weighted by molar-refractivity contribution is 7.89. The topological polar surface area (TPSA) is 119 Å². The Morgan fingerprint density at radius 3 is 2.68 bits per heavy atom. The molecular formula is C23H31N5O5S. The van der Waals surface area contributed by atoms with Crippen molar-refractivity contribution in [1.82, 2.24) is 24.1 Å². The summed E-state index contributed by atoms with van der Waals surface area (Å²) in [6.45, 7) is 5.80. The average molecular weight is 490 g/mol. The lowest BCUT2D eigenvalue weighted by molar-refractivity contribution is 0.126. The van der Waals surface area contributed by atoms with Crippen molar-refractivity contribution in [3.8, 4) is 17.1 Å². The van der Waals surface area contributed by atoms with Crippen LogP contribution in [0.1, 0.15) is 32.4 Å². The molecule has 1 aliphatic rings. The first-order valence-electron chi connectivity index (χ1n) is 11.5. The van der Waals surface area contributed by atoms with Crippen LogP contribution in [-0.2, 0) is 28.2 Å². The van der Waals surface area contributed by atoms with Crippen LogP contribution in [0.15, 0.2) is 27.9 Å². The lowest BCUT2D eigenvalue weighted by Crippen LogP contribution is -2.50. The fourth-order valence-electron chi connectivity index (χ4n) is 4.25. The predicted octanol–water partition coefficient (Wildman–Crippen LogP) is 2.33. The highest BCUT2D eigenvalue weighted by Crippen LogP contribution is 2.34. The minimum atomic E-state index is -3.69. The molecule has 0 spiro atoms. The molecule has 3 heterocycles. The molecule has 4 rings (SSSR count). The summed E-state index contributed by atoms with van der Waals surface area (Å²) in [4.78, 5) is 20.5. The third-order valence-electron chi connectivity index (χ3n) is 6.05. The van der Waals surface area contributed by atoms with E-state index in [2.05, 4.69) is 10.1 Å². The van der Waals surface area contributed by atoms with Crippen molar-refractivity contribution >= 4 is 21.1 Å². The smallest absolute Gasteiger partial charge is 0.277 e. The maximum absolute atomic E-state index is 13.3. The summed E-state index contributed by atoms with van der Waals surface area (Å²) >= 11 is 0. The Balaban J connectivity index is 1.76. The number of H-pyrrole nitrogens is 1. The first-order chi connectivity index (χ1) is 16.3. The van der Waals surface area contributed by atoms with Gasteiger partial charge in [0.1, 0.15) is 17.1 Å². The van der Waals surface area contributed by atoms with Gasteiger partial charge in [-0.2, -0.15) is 9.40 Å². The van der Waals surface area contributed by atoms with Gasteiger partial charge in [0, 0.05) is 33.9 Å². The summed E-state index contributed by atoms with van der Waals surface area (Å²) in [5.74, 6) is 0.997. The number of aryl methyl sites for hydroxylation is 2. The highest BCUT2D eigenvalue weighted by Gasteiger charge is 2.36. The number of rotatable bonds is 10. The third kappa shape index (κ3) is 4.47. The number of nitrogens with one attached hydrogen (secondary N) is 1. The van der Waals surface area contributed by atoms with Crippen LogP contribution in [0.4, 0.5) is 0 Å². The minimum Gasteiger partial charge on any atom is -0.493 e. The van der Waals surface area contributed by atoms with Crippen LogP contribution in [0.25, 0.3) is 22.4 Å². The van der Waals surface area contributed by atoms with Gasteiger partial charge in [0.05, 0.1) is 22.8 Å². The number of methoxy groups -OCH3 is 1. The first kappa shape index (κ1) is 24.4. The van der Waals surface area contributed by atoms with Crippen molar-refractivity contribution in [2.24, 2.45) is 13.0 Å². The Bertz CT molecular complexity index is 1340. The molecule has 0 saturated carbocycles. The molecule has 1 N–H and O–H groups in total. The highest BCUT2D eigenvalue weighted by atomic mass is 32.2. The van der Waals surface area contributed by atoms with Crippen LogP contribution < -0.4 is 10.3 Å². The largest absolute Gasteiger partial charge is 0.493 e. The molecule has 0 bridgehead atoms. The molecular weight excluding hydrogens is 458 g/mol. The molecule has 3 aromatic rings. The maximum atomic E-state index is 13.3. The zero-order chi connectivity index (χ0) is 24.5. The Morgan fingerprint density at radius 2 is 2.00 bits per heavy atom. The molecule has 0 amide bonds. The van der Waals surface area contributed by atoms with Crippen molar-refractivity contribution < 1.29 is 17.9 Å². The lowest BCUT2D eigenvalue weighted by atomic mass is 10.0. The van der Waals surface area contributed by atoms with Gasteiger partial charge in [-0.1, -0.05) is 13.3 Å². The summed E-state index contributed by atoms with van der Waals surface area (Å²) in [5, 5.41) is 4.45. The van der Waals surface area contributed by atoms with E-state index < -0.39 is 10.0 Å². The number of nitrogens with zero attached hydrogens (tertiary/aromatic N) is 4.